The second-order valence-corrected chi connectivity index (χ2v) is 7.40. The van der Waals surface area contributed by atoms with Gasteiger partial charge in [-0.15, -0.1) is 0 Å². The molecule has 24 heavy (non-hydrogen) atoms. The highest BCUT2D eigenvalue weighted by Crippen LogP contribution is 2.21. The highest BCUT2D eigenvalue weighted by Gasteiger charge is 2.20. The first-order valence-electron chi connectivity index (χ1n) is 8.79. The Morgan fingerprint density at radius 3 is 2.25 bits per heavy atom. The van der Waals surface area contributed by atoms with Gasteiger partial charge in [0.1, 0.15) is 0 Å². The van der Waals surface area contributed by atoms with E-state index in [1.165, 1.54) is 24.9 Å². The molecule has 0 aliphatic carbocycles. The normalized spacial score (nSPS) is 15.0. The third-order valence-electron chi connectivity index (χ3n) is 4.19. The molecular formula is C19H29N3O2. The Hall–Kier alpha value is -2.04. The number of carbonyl (C=O) groups is 2. The molecule has 1 aromatic carbocycles. The van der Waals surface area contributed by atoms with Crippen LogP contribution in [0.5, 0.6) is 0 Å². The molecular weight excluding hydrogens is 302 g/mol. The zero-order valence-electron chi connectivity index (χ0n) is 15.0. The van der Waals surface area contributed by atoms with Crippen LogP contribution in [0, 0.1) is 5.41 Å². The second kappa shape index (κ2) is 8.18. The van der Waals surface area contributed by atoms with Crippen molar-refractivity contribution in [3.05, 3.63) is 24.3 Å². The minimum absolute atomic E-state index is 0.0406. The summed E-state index contributed by atoms with van der Waals surface area (Å²) in [6, 6.07) is 8.00. The lowest BCUT2D eigenvalue weighted by Crippen LogP contribution is -2.36. The first-order chi connectivity index (χ1) is 11.4. The van der Waals surface area contributed by atoms with E-state index in [-0.39, 0.29) is 18.2 Å². The number of amides is 2. The Bertz CT molecular complexity index is 555. The smallest absolute Gasteiger partial charge is 0.226 e. The maximum absolute atomic E-state index is 12.0. The van der Waals surface area contributed by atoms with Crippen LogP contribution in [-0.4, -0.2) is 31.4 Å². The quantitative estimate of drug-likeness (QED) is 0.871. The Labute approximate surface area is 144 Å². The van der Waals surface area contributed by atoms with Gasteiger partial charge < -0.3 is 15.5 Å². The van der Waals surface area contributed by atoms with Gasteiger partial charge in [-0.1, -0.05) is 20.8 Å². The summed E-state index contributed by atoms with van der Waals surface area (Å²) >= 11 is 0. The summed E-state index contributed by atoms with van der Waals surface area (Å²) in [5.74, 6) is -0.129. The summed E-state index contributed by atoms with van der Waals surface area (Å²) in [7, 11) is 0. The first-order valence-corrected chi connectivity index (χ1v) is 8.79. The molecule has 1 aliphatic heterocycles. The molecule has 0 unspecified atom stereocenters. The van der Waals surface area contributed by atoms with Gasteiger partial charge in [0.15, 0.2) is 0 Å². The van der Waals surface area contributed by atoms with Crippen molar-refractivity contribution in [1.82, 2.24) is 5.32 Å². The van der Waals surface area contributed by atoms with Gasteiger partial charge in [0.25, 0.3) is 0 Å². The summed E-state index contributed by atoms with van der Waals surface area (Å²) in [6.45, 7) is 8.14. The van der Waals surface area contributed by atoms with E-state index in [1.54, 1.807) is 0 Å². The van der Waals surface area contributed by atoms with Crippen LogP contribution >= 0.6 is 0 Å². The SMILES string of the molecule is CC(C)(C)C(=O)NCCC(=O)Nc1ccc(N2CCCCC2)cc1. The van der Waals surface area contributed by atoms with Crippen molar-refractivity contribution < 1.29 is 9.59 Å². The number of benzene rings is 1. The number of anilines is 2. The standard InChI is InChI=1S/C19H29N3O2/c1-19(2,3)18(24)20-12-11-17(23)21-15-7-9-16(10-8-15)22-13-5-4-6-14-22/h7-10H,4-6,11-14H2,1-3H3,(H,20,24)(H,21,23). The molecule has 1 saturated heterocycles. The maximum Gasteiger partial charge on any atom is 0.226 e. The zero-order chi connectivity index (χ0) is 17.6. The van der Waals surface area contributed by atoms with Crippen LogP contribution in [0.4, 0.5) is 11.4 Å². The van der Waals surface area contributed by atoms with Crippen LogP contribution in [0.25, 0.3) is 0 Å². The number of hydrogen-bond acceptors (Lipinski definition) is 3. The molecule has 0 bridgehead atoms. The van der Waals surface area contributed by atoms with E-state index in [0.717, 1.165) is 18.8 Å². The highest BCUT2D eigenvalue weighted by atomic mass is 16.2. The van der Waals surface area contributed by atoms with Crippen molar-refractivity contribution in [3.63, 3.8) is 0 Å². The summed E-state index contributed by atoms with van der Waals surface area (Å²) in [5.41, 5.74) is 1.58. The van der Waals surface area contributed by atoms with Crippen molar-refractivity contribution in [2.75, 3.05) is 29.9 Å². The van der Waals surface area contributed by atoms with E-state index in [1.807, 2.05) is 32.9 Å². The molecule has 0 spiro atoms. The van der Waals surface area contributed by atoms with Gasteiger partial charge in [0.2, 0.25) is 11.8 Å². The van der Waals surface area contributed by atoms with Crippen molar-refractivity contribution in [2.24, 2.45) is 5.41 Å². The van der Waals surface area contributed by atoms with Gasteiger partial charge in [-0.2, -0.15) is 0 Å². The number of nitrogens with one attached hydrogen (secondary N) is 2. The van der Waals surface area contributed by atoms with E-state index in [2.05, 4.69) is 27.7 Å². The van der Waals surface area contributed by atoms with Gasteiger partial charge in [0, 0.05) is 42.8 Å². The average molecular weight is 331 g/mol. The lowest BCUT2D eigenvalue weighted by molar-refractivity contribution is -0.128. The molecule has 0 saturated carbocycles. The minimum Gasteiger partial charge on any atom is -0.372 e. The fraction of sp³-hybridized carbons (Fsp3) is 0.579. The molecule has 2 N–H and O–H groups in total. The molecule has 132 valence electrons. The maximum atomic E-state index is 12.0. The predicted molar refractivity (Wildman–Crippen MR) is 98.2 cm³/mol. The third kappa shape index (κ3) is 5.55. The lowest BCUT2D eigenvalue weighted by Gasteiger charge is -2.28. The van der Waals surface area contributed by atoms with Gasteiger partial charge in [0.05, 0.1) is 0 Å². The van der Waals surface area contributed by atoms with E-state index in [0.29, 0.717) is 6.54 Å². The largest absolute Gasteiger partial charge is 0.372 e. The van der Waals surface area contributed by atoms with Crippen LogP contribution in [-0.2, 0) is 9.59 Å². The molecule has 0 atom stereocenters. The fourth-order valence-electron chi connectivity index (χ4n) is 2.69. The predicted octanol–water partition coefficient (Wildman–Crippen LogP) is 3.17. The highest BCUT2D eigenvalue weighted by molar-refractivity contribution is 5.91. The molecule has 5 nitrogen and oxygen atoms in total. The summed E-state index contributed by atoms with van der Waals surface area (Å²) in [5, 5.41) is 5.66. The first kappa shape index (κ1) is 18.3. The monoisotopic (exact) mass is 331 g/mol. The average Bonchev–Trinajstić information content (AvgIpc) is 2.55. The van der Waals surface area contributed by atoms with E-state index < -0.39 is 5.41 Å². The topological polar surface area (TPSA) is 61.4 Å². The second-order valence-electron chi connectivity index (χ2n) is 7.40. The molecule has 2 rings (SSSR count). The molecule has 5 heteroatoms. The number of piperidine rings is 1. The molecule has 2 amide bonds. The van der Waals surface area contributed by atoms with E-state index >= 15 is 0 Å². The third-order valence-corrected chi connectivity index (χ3v) is 4.19. The number of nitrogens with zero attached hydrogens (tertiary/aromatic N) is 1. The Morgan fingerprint density at radius 1 is 1.04 bits per heavy atom. The molecule has 1 aliphatic rings. The van der Waals surface area contributed by atoms with Crippen LogP contribution in [0.2, 0.25) is 0 Å². The van der Waals surface area contributed by atoms with Crippen molar-refractivity contribution in [2.45, 2.75) is 46.5 Å². The van der Waals surface area contributed by atoms with Crippen LogP contribution in [0.3, 0.4) is 0 Å². The van der Waals surface area contributed by atoms with Gasteiger partial charge in [-0.25, -0.2) is 0 Å². The Morgan fingerprint density at radius 2 is 1.67 bits per heavy atom. The zero-order valence-corrected chi connectivity index (χ0v) is 15.0. The van der Waals surface area contributed by atoms with Crippen LogP contribution in [0.15, 0.2) is 24.3 Å². The summed E-state index contributed by atoms with van der Waals surface area (Å²) in [6.07, 6.45) is 4.09. The number of rotatable bonds is 5. The van der Waals surface area contributed by atoms with Crippen LogP contribution in [0.1, 0.15) is 46.5 Å². The van der Waals surface area contributed by atoms with Crippen LogP contribution < -0.4 is 15.5 Å². The Kier molecular flexibility index (Phi) is 6.23. The van der Waals surface area contributed by atoms with E-state index in [4.69, 9.17) is 0 Å². The Balaban J connectivity index is 1.76. The fourth-order valence-corrected chi connectivity index (χ4v) is 2.69. The van der Waals surface area contributed by atoms with Gasteiger partial charge >= 0.3 is 0 Å². The molecule has 0 radical (unpaired) electrons. The number of carbonyl (C=O) groups excluding carboxylic acids is 2. The minimum atomic E-state index is -0.430. The summed E-state index contributed by atoms with van der Waals surface area (Å²) < 4.78 is 0. The van der Waals surface area contributed by atoms with E-state index in [9.17, 15) is 9.59 Å². The molecule has 0 aromatic heterocycles. The van der Waals surface area contributed by atoms with Crippen molar-refractivity contribution in [1.29, 1.82) is 0 Å². The van der Waals surface area contributed by atoms with Gasteiger partial charge in [-0.3, -0.25) is 9.59 Å². The summed E-state index contributed by atoms with van der Waals surface area (Å²) in [4.78, 5) is 26.1. The van der Waals surface area contributed by atoms with Gasteiger partial charge in [-0.05, 0) is 43.5 Å². The molecule has 1 heterocycles. The van der Waals surface area contributed by atoms with Crippen molar-refractivity contribution in [3.8, 4) is 0 Å². The number of hydrogen-bond donors (Lipinski definition) is 2. The molecule has 1 fully saturated rings. The lowest BCUT2D eigenvalue weighted by atomic mass is 9.96. The molecule has 1 aromatic rings. The van der Waals surface area contributed by atoms with Crippen molar-refractivity contribution >= 4 is 23.2 Å².